The van der Waals surface area contributed by atoms with Gasteiger partial charge in [0.25, 0.3) is 6.01 Å². The van der Waals surface area contributed by atoms with E-state index in [1.54, 1.807) is 6.26 Å². The molecule has 0 spiro atoms. The number of hydrogen-bond donors (Lipinski definition) is 1. The van der Waals surface area contributed by atoms with Gasteiger partial charge in [-0.2, -0.15) is 4.98 Å². The molecule has 1 aromatic rings. The first kappa shape index (κ1) is 13.4. The Hall–Kier alpha value is -1.07. The Morgan fingerprint density at radius 2 is 2.22 bits per heavy atom. The van der Waals surface area contributed by atoms with Gasteiger partial charge in [-0.1, -0.05) is 6.92 Å². The molecule has 2 rings (SSSR count). The molecule has 0 saturated carbocycles. The second-order valence-corrected chi connectivity index (χ2v) is 4.75. The lowest BCUT2D eigenvalue weighted by Crippen LogP contribution is -2.36. The summed E-state index contributed by atoms with van der Waals surface area (Å²) in [5, 5.41) is 3.32. The number of rotatable bonds is 6. The van der Waals surface area contributed by atoms with Crippen LogP contribution in [0.3, 0.4) is 0 Å². The Balaban J connectivity index is 1.87. The van der Waals surface area contributed by atoms with Crippen LogP contribution in [-0.2, 0) is 11.3 Å². The normalized spacial score (nSPS) is 17.0. The molecule has 1 aliphatic rings. The SMILES string of the molecule is CCCNCc1coc(N(C)C2CCOCC2)n1. The van der Waals surface area contributed by atoms with Gasteiger partial charge in [0.2, 0.25) is 0 Å². The Labute approximate surface area is 109 Å². The molecule has 0 aromatic carbocycles. The molecule has 18 heavy (non-hydrogen) atoms. The molecule has 0 bridgehead atoms. The lowest BCUT2D eigenvalue weighted by molar-refractivity contribution is 0.0846. The molecule has 0 amide bonds. The summed E-state index contributed by atoms with van der Waals surface area (Å²) in [7, 11) is 2.05. The molecule has 2 heterocycles. The predicted molar refractivity (Wildman–Crippen MR) is 70.7 cm³/mol. The van der Waals surface area contributed by atoms with Crippen LogP contribution in [0.2, 0.25) is 0 Å². The number of anilines is 1. The van der Waals surface area contributed by atoms with Crippen LogP contribution in [0.1, 0.15) is 31.9 Å². The fraction of sp³-hybridized carbons (Fsp3) is 0.769. The summed E-state index contributed by atoms with van der Waals surface area (Å²) >= 11 is 0. The van der Waals surface area contributed by atoms with E-state index in [-0.39, 0.29) is 0 Å². The van der Waals surface area contributed by atoms with Gasteiger partial charge in [-0.15, -0.1) is 0 Å². The summed E-state index contributed by atoms with van der Waals surface area (Å²) in [5.41, 5.74) is 0.970. The van der Waals surface area contributed by atoms with Crippen molar-refractivity contribution in [2.24, 2.45) is 0 Å². The number of ether oxygens (including phenoxy) is 1. The van der Waals surface area contributed by atoms with Crippen LogP contribution in [0.4, 0.5) is 6.01 Å². The fourth-order valence-corrected chi connectivity index (χ4v) is 2.16. The van der Waals surface area contributed by atoms with Gasteiger partial charge in [0.05, 0.1) is 5.69 Å². The maximum atomic E-state index is 5.54. The lowest BCUT2D eigenvalue weighted by Gasteiger charge is -2.29. The molecule has 0 unspecified atom stereocenters. The van der Waals surface area contributed by atoms with E-state index in [2.05, 4.69) is 22.1 Å². The molecule has 1 N–H and O–H groups in total. The van der Waals surface area contributed by atoms with E-state index in [9.17, 15) is 0 Å². The summed E-state index contributed by atoms with van der Waals surface area (Å²) in [5.74, 6) is 0. The van der Waals surface area contributed by atoms with Gasteiger partial charge >= 0.3 is 0 Å². The van der Waals surface area contributed by atoms with Crippen LogP contribution in [0.25, 0.3) is 0 Å². The average molecular weight is 253 g/mol. The van der Waals surface area contributed by atoms with Crippen molar-refractivity contribution in [2.45, 2.75) is 38.8 Å². The summed E-state index contributed by atoms with van der Waals surface area (Å²) < 4.78 is 10.9. The Kier molecular flexibility index (Phi) is 5.01. The third-order valence-electron chi connectivity index (χ3n) is 3.31. The van der Waals surface area contributed by atoms with Gasteiger partial charge in [-0.25, -0.2) is 0 Å². The molecule has 5 heteroatoms. The van der Waals surface area contributed by atoms with Gasteiger partial charge in [0.1, 0.15) is 6.26 Å². The van der Waals surface area contributed by atoms with Crippen LogP contribution >= 0.6 is 0 Å². The quantitative estimate of drug-likeness (QED) is 0.783. The van der Waals surface area contributed by atoms with Crippen molar-refractivity contribution >= 4 is 6.01 Å². The Morgan fingerprint density at radius 3 is 2.94 bits per heavy atom. The van der Waals surface area contributed by atoms with E-state index in [4.69, 9.17) is 9.15 Å². The molecule has 0 atom stereocenters. The van der Waals surface area contributed by atoms with E-state index >= 15 is 0 Å². The zero-order chi connectivity index (χ0) is 12.8. The van der Waals surface area contributed by atoms with E-state index in [0.717, 1.165) is 57.3 Å². The highest BCUT2D eigenvalue weighted by atomic mass is 16.5. The summed E-state index contributed by atoms with van der Waals surface area (Å²) in [6.45, 7) is 5.61. The average Bonchev–Trinajstić information content (AvgIpc) is 2.88. The van der Waals surface area contributed by atoms with E-state index in [1.807, 2.05) is 7.05 Å². The molecule has 0 aliphatic carbocycles. The zero-order valence-electron chi connectivity index (χ0n) is 11.3. The number of oxazole rings is 1. The van der Waals surface area contributed by atoms with Crippen molar-refractivity contribution in [1.82, 2.24) is 10.3 Å². The van der Waals surface area contributed by atoms with Crippen molar-refractivity contribution in [3.63, 3.8) is 0 Å². The third-order valence-corrected chi connectivity index (χ3v) is 3.31. The first-order valence-electron chi connectivity index (χ1n) is 6.77. The molecule has 1 aliphatic heterocycles. The van der Waals surface area contributed by atoms with Gasteiger partial charge in [-0.05, 0) is 25.8 Å². The highest BCUT2D eigenvalue weighted by Gasteiger charge is 2.21. The first-order valence-corrected chi connectivity index (χ1v) is 6.77. The van der Waals surface area contributed by atoms with Crippen molar-refractivity contribution in [2.75, 3.05) is 31.7 Å². The van der Waals surface area contributed by atoms with Crippen molar-refractivity contribution in [1.29, 1.82) is 0 Å². The largest absolute Gasteiger partial charge is 0.432 e. The number of nitrogens with one attached hydrogen (secondary N) is 1. The molecule has 0 radical (unpaired) electrons. The van der Waals surface area contributed by atoms with Crippen molar-refractivity contribution in [3.8, 4) is 0 Å². The van der Waals surface area contributed by atoms with E-state index in [0.29, 0.717) is 6.04 Å². The maximum absolute atomic E-state index is 5.54. The number of nitrogens with zero attached hydrogens (tertiary/aromatic N) is 2. The maximum Gasteiger partial charge on any atom is 0.297 e. The predicted octanol–water partition coefficient (Wildman–Crippen LogP) is 1.79. The van der Waals surface area contributed by atoms with Gasteiger partial charge in [-0.3, -0.25) is 0 Å². The molecular formula is C13H23N3O2. The van der Waals surface area contributed by atoms with Crippen LogP contribution < -0.4 is 10.2 Å². The molecular weight excluding hydrogens is 230 g/mol. The van der Waals surface area contributed by atoms with Crippen molar-refractivity contribution < 1.29 is 9.15 Å². The summed E-state index contributed by atoms with van der Waals surface area (Å²) in [6, 6.07) is 1.20. The van der Waals surface area contributed by atoms with Crippen LogP contribution in [0.15, 0.2) is 10.7 Å². The lowest BCUT2D eigenvalue weighted by atomic mass is 10.1. The second-order valence-electron chi connectivity index (χ2n) is 4.75. The fourth-order valence-electron chi connectivity index (χ4n) is 2.16. The second kappa shape index (κ2) is 6.75. The number of aromatic nitrogens is 1. The van der Waals surface area contributed by atoms with Gasteiger partial charge < -0.3 is 19.4 Å². The Bertz CT molecular complexity index is 348. The third kappa shape index (κ3) is 3.46. The zero-order valence-corrected chi connectivity index (χ0v) is 11.3. The van der Waals surface area contributed by atoms with E-state index in [1.165, 1.54) is 0 Å². The van der Waals surface area contributed by atoms with Crippen molar-refractivity contribution in [3.05, 3.63) is 12.0 Å². The van der Waals surface area contributed by atoms with E-state index < -0.39 is 0 Å². The highest BCUT2D eigenvalue weighted by Crippen LogP contribution is 2.20. The Morgan fingerprint density at radius 1 is 1.44 bits per heavy atom. The topological polar surface area (TPSA) is 50.5 Å². The minimum absolute atomic E-state index is 0.480. The van der Waals surface area contributed by atoms with Crippen LogP contribution in [0, 0.1) is 0 Å². The number of hydrogen-bond acceptors (Lipinski definition) is 5. The van der Waals surface area contributed by atoms with Crippen LogP contribution in [-0.4, -0.2) is 37.8 Å². The first-order chi connectivity index (χ1) is 8.81. The molecule has 1 saturated heterocycles. The monoisotopic (exact) mass is 253 g/mol. The summed E-state index contributed by atoms with van der Waals surface area (Å²) in [4.78, 5) is 6.64. The van der Waals surface area contributed by atoms with Gasteiger partial charge in [0.15, 0.2) is 0 Å². The minimum atomic E-state index is 0.480. The molecule has 5 nitrogen and oxygen atoms in total. The molecule has 102 valence electrons. The standard InChI is InChI=1S/C13H23N3O2/c1-3-6-14-9-11-10-18-13(15-11)16(2)12-4-7-17-8-5-12/h10,12,14H,3-9H2,1-2H3. The minimum Gasteiger partial charge on any atom is -0.432 e. The summed E-state index contributed by atoms with van der Waals surface area (Å²) in [6.07, 6.45) is 4.96. The van der Waals surface area contributed by atoms with Crippen LogP contribution in [0.5, 0.6) is 0 Å². The highest BCUT2D eigenvalue weighted by molar-refractivity contribution is 5.27. The van der Waals surface area contributed by atoms with Gasteiger partial charge in [0, 0.05) is 32.8 Å². The smallest absolute Gasteiger partial charge is 0.297 e. The molecule has 1 aromatic heterocycles. The molecule has 1 fully saturated rings.